The SMILES string of the molecule is CC(C)(N)C(=O)Nc1ccc(OC2CCC2)c(F)c1. The number of hydrogen-bond acceptors (Lipinski definition) is 3. The molecule has 0 unspecified atom stereocenters. The van der Waals surface area contributed by atoms with Crippen LogP contribution in [0, 0.1) is 5.82 Å². The molecule has 1 saturated carbocycles. The van der Waals surface area contributed by atoms with E-state index >= 15 is 0 Å². The normalized spacial score (nSPS) is 15.8. The molecule has 1 aromatic rings. The Morgan fingerprint density at radius 3 is 2.63 bits per heavy atom. The summed E-state index contributed by atoms with van der Waals surface area (Å²) in [5.41, 5.74) is 5.03. The Balaban J connectivity index is 2.03. The maximum Gasteiger partial charge on any atom is 0.243 e. The summed E-state index contributed by atoms with van der Waals surface area (Å²) in [6.07, 6.45) is 3.20. The Morgan fingerprint density at radius 2 is 2.16 bits per heavy atom. The summed E-state index contributed by atoms with van der Waals surface area (Å²) in [5.74, 6) is -0.603. The smallest absolute Gasteiger partial charge is 0.243 e. The van der Waals surface area contributed by atoms with E-state index in [0.29, 0.717) is 5.69 Å². The fourth-order valence-electron chi connectivity index (χ4n) is 1.63. The number of halogens is 1. The minimum absolute atomic E-state index is 0.123. The lowest BCUT2D eigenvalue weighted by atomic mass is 9.96. The molecular weight excluding hydrogens is 247 g/mol. The van der Waals surface area contributed by atoms with E-state index in [1.54, 1.807) is 19.9 Å². The van der Waals surface area contributed by atoms with E-state index in [9.17, 15) is 9.18 Å². The van der Waals surface area contributed by atoms with Gasteiger partial charge in [0.2, 0.25) is 5.91 Å². The summed E-state index contributed by atoms with van der Waals surface area (Å²) in [7, 11) is 0. The fraction of sp³-hybridized carbons (Fsp3) is 0.500. The molecule has 0 aromatic heterocycles. The van der Waals surface area contributed by atoms with Crippen molar-refractivity contribution in [2.75, 3.05) is 5.32 Å². The Kier molecular flexibility index (Phi) is 3.75. The van der Waals surface area contributed by atoms with Gasteiger partial charge in [-0.25, -0.2) is 4.39 Å². The Labute approximate surface area is 112 Å². The van der Waals surface area contributed by atoms with Crippen molar-refractivity contribution < 1.29 is 13.9 Å². The number of nitrogens with one attached hydrogen (secondary N) is 1. The van der Waals surface area contributed by atoms with Crippen LogP contribution in [-0.4, -0.2) is 17.6 Å². The molecule has 19 heavy (non-hydrogen) atoms. The molecule has 0 radical (unpaired) electrons. The second-order valence-electron chi connectivity index (χ2n) is 5.49. The number of hydrogen-bond donors (Lipinski definition) is 2. The number of rotatable bonds is 4. The minimum atomic E-state index is -1.00. The number of carbonyl (C=O) groups excluding carboxylic acids is 1. The Morgan fingerprint density at radius 1 is 1.47 bits per heavy atom. The van der Waals surface area contributed by atoms with Gasteiger partial charge in [0.05, 0.1) is 11.6 Å². The van der Waals surface area contributed by atoms with Gasteiger partial charge in [-0.05, 0) is 45.2 Å². The van der Waals surface area contributed by atoms with Crippen LogP contribution in [0.1, 0.15) is 33.1 Å². The van der Waals surface area contributed by atoms with Gasteiger partial charge in [0, 0.05) is 11.8 Å². The first-order chi connectivity index (χ1) is 8.86. The van der Waals surface area contributed by atoms with Gasteiger partial charge in [-0.2, -0.15) is 0 Å². The molecule has 0 bridgehead atoms. The highest BCUT2D eigenvalue weighted by Gasteiger charge is 2.23. The van der Waals surface area contributed by atoms with Crippen molar-refractivity contribution in [2.45, 2.75) is 44.8 Å². The van der Waals surface area contributed by atoms with Crippen LogP contribution >= 0.6 is 0 Å². The van der Waals surface area contributed by atoms with Gasteiger partial charge in [-0.3, -0.25) is 4.79 Å². The van der Waals surface area contributed by atoms with Crippen LogP contribution in [0.2, 0.25) is 0 Å². The highest BCUT2D eigenvalue weighted by molar-refractivity contribution is 5.97. The van der Waals surface area contributed by atoms with Crippen LogP contribution in [0.5, 0.6) is 5.75 Å². The maximum absolute atomic E-state index is 13.8. The highest BCUT2D eigenvalue weighted by atomic mass is 19.1. The third-order valence-electron chi connectivity index (χ3n) is 3.12. The number of anilines is 1. The molecule has 0 aliphatic heterocycles. The topological polar surface area (TPSA) is 64.4 Å². The largest absolute Gasteiger partial charge is 0.487 e. The molecular formula is C14H19FN2O2. The lowest BCUT2D eigenvalue weighted by Crippen LogP contribution is -2.45. The summed E-state index contributed by atoms with van der Waals surface area (Å²) in [6, 6.07) is 4.39. The number of nitrogens with two attached hydrogens (primary N) is 1. The standard InChI is InChI=1S/C14H19FN2O2/c1-14(2,16)13(18)17-9-6-7-12(11(15)8-9)19-10-4-3-5-10/h6-8,10H,3-5,16H2,1-2H3,(H,17,18). The van der Waals surface area contributed by atoms with Crippen LogP contribution in [0.25, 0.3) is 0 Å². The molecule has 3 N–H and O–H groups in total. The zero-order valence-electron chi connectivity index (χ0n) is 11.2. The summed E-state index contributed by atoms with van der Waals surface area (Å²) >= 11 is 0. The fourth-order valence-corrected chi connectivity index (χ4v) is 1.63. The molecule has 1 amide bonds. The van der Waals surface area contributed by atoms with Crippen LogP contribution in [-0.2, 0) is 4.79 Å². The summed E-state index contributed by atoms with van der Waals surface area (Å²) in [5, 5.41) is 2.57. The maximum atomic E-state index is 13.8. The van der Waals surface area contributed by atoms with Crippen LogP contribution in [0.3, 0.4) is 0 Å². The van der Waals surface area contributed by atoms with E-state index in [4.69, 9.17) is 10.5 Å². The van der Waals surface area contributed by atoms with Crippen molar-refractivity contribution in [3.05, 3.63) is 24.0 Å². The number of ether oxygens (including phenoxy) is 1. The van der Waals surface area contributed by atoms with Crippen LogP contribution in [0.15, 0.2) is 18.2 Å². The minimum Gasteiger partial charge on any atom is -0.487 e. The molecule has 5 heteroatoms. The third kappa shape index (κ3) is 3.44. The van der Waals surface area contributed by atoms with Crippen LogP contribution < -0.4 is 15.8 Å². The summed E-state index contributed by atoms with van der Waals surface area (Å²) < 4.78 is 19.3. The van der Waals surface area contributed by atoms with E-state index < -0.39 is 11.4 Å². The monoisotopic (exact) mass is 266 g/mol. The molecule has 1 aromatic carbocycles. The van der Waals surface area contributed by atoms with Gasteiger partial charge in [0.15, 0.2) is 11.6 Å². The zero-order chi connectivity index (χ0) is 14.0. The van der Waals surface area contributed by atoms with E-state index in [0.717, 1.165) is 19.3 Å². The molecule has 1 aliphatic carbocycles. The van der Waals surface area contributed by atoms with E-state index in [1.807, 2.05) is 0 Å². The molecule has 4 nitrogen and oxygen atoms in total. The van der Waals surface area contributed by atoms with Crippen molar-refractivity contribution >= 4 is 11.6 Å². The van der Waals surface area contributed by atoms with E-state index in [1.165, 1.54) is 12.1 Å². The van der Waals surface area contributed by atoms with Crippen LogP contribution in [0.4, 0.5) is 10.1 Å². The van der Waals surface area contributed by atoms with Gasteiger partial charge in [0.25, 0.3) is 0 Å². The van der Waals surface area contributed by atoms with Gasteiger partial charge >= 0.3 is 0 Å². The molecule has 0 heterocycles. The van der Waals surface area contributed by atoms with E-state index in [2.05, 4.69) is 5.32 Å². The number of amides is 1. The molecule has 2 rings (SSSR count). The van der Waals surface area contributed by atoms with Crippen molar-refractivity contribution in [1.29, 1.82) is 0 Å². The average molecular weight is 266 g/mol. The lowest BCUT2D eigenvalue weighted by molar-refractivity contribution is -0.120. The molecule has 0 atom stereocenters. The first-order valence-electron chi connectivity index (χ1n) is 6.43. The highest BCUT2D eigenvalue weighted by Crippen LogP contribution is 2.28. The molecule has 0 spiro atoms. The predicted molar refractivity (Wildman–Crippen MR) is 71.6 cm³/mol. The summed E-state index contributed by atoms with van der Waals surface area (Å²) in [6.45, 7) is 3.18. The Bertz CT molecular complexity index is 479. The van der Waals surface area contributed by atoms with Gasteiger partial charge < -0.3 is 15.8 Å². The van der Waals surface area contributed by atoms with Gasteiger partial charge in [-0.1, -0.05) is 0 Å². The van der Waals surface area contributed by atoms with Crippen molar-refractivity contribution in [1.82, 2.24) is 0 Å². The first kappa shape index (κ1) is 13.8. The second-order valence-corrected chi connectivity index (χ2v) is 5.49. The molecule has 104 valence electrons. The van der Waals surface area contributed by atoms with Crippen molar-refractivity contribution in [2.24, 2.45) is 5.73 Å². The first-order valence-corrected chi connectivity index (χ1v) is 6.43. The molecule has 1 fully saturated rings. The number of carbonyl (C=O) groups is 1. The quantitative estimate of drug-likeness (QED) is 0.879. The average Bonchev–Trinajstić information content (AvgIpc) is 2.24. The van der Waals surface area contributed by atoms with Crippen molar-refractivity contribution in [3.8, 4) is 5.75 Å². The number of benzene rings is 1. The van der Waals surface area contributed by atoms with Gasteiger partial charge in [-0.15, -0.1) is 0 Å². The zero-order valence-corrected chi connectivity index (χ0v) is 11.2. The summed E-state index contributed by atoms with van der Waals surface area (Å²) in [4.78, 5) is 11.7. The van der Waals surface area contributed by atoms with E-state index in [-0.39, 0.29) is 17.8 Å². The molecule has 0 saturated heterocycles. The Hall–Kier alpha value is -1.62. The van der Waals surface area contributed by atoms with Crippen molar-refractivity contribution in [3.63, 3.8) is 0 Å². The third-order valence-corrected chi connectivity index (χ3v) is 3.12. The second kappa shape index (κ2) is 5.17. The molecule has 1 aliphatic rings. The predicted octanol–water partition coefficient (Wildman–Crippen LogP) is 2.43. The lowest BCUT2D eigenvalue weighted by Gasteiger charge is -2.26. The van der Waals surface area contributed by atoms with Gasteiger partial charge in [0.1, 0.15) is 0 Å².